The third-order valence-corrected chi connectivity index (χ3v) is 7.95. The van der Waals surface area contributed by atoms with Crippen molar-refractivity contribution in [3.8, 4) is 11.5 Å². The molecule has 0 saturated heterocycles. The van der Waals surface area contributed by atoms with E-state index in [0.717, 1.165) is 23.3 Å². The molecular weight excluding hydrogens is 493 g/mol. The van der Waals surface area contributed by atoms with Crippen LogP contribution >= 0.6 is 22.9 Å². The summed E-state index contributed by atoms with van der Waals surface area (Å²) in [5.41, 5.74) is 0.972. The Labute approximate surface area is 209 Å². The molecule has 0 bridgehead atoms. The number of nitrogens with one attached hydrogen (secondary N) is 1. The number of thiazole rings is 1. The zero-order chi connectivity index (χ0) is 24.2. The molecule has 0 radical (unpaired) electrons. The number of carbonyl (C=O) groups excluding carboxylic acids is 1. The lowest BCUT2D eigenvalue weighted by Crippen LogP contribution is -2.27. The van der Waals surface area contributed by atoms with Crippen molar-refractivity contribution in [3.05, 3.63) is 81.4 Å². The molecule has 6 rings (SSSR count). The van der Waals surface area contributed by atoms with Crippen LogP contribution in [0.25, 0.3) is 0 Å². The summed E-state index contributed by atoms with van der Waals surface area (Å²) in [4.78, 5) is 20.5. The fourth-order valence-electron chi connectivity index (χ4n) is 4.64. The van der Waals surface area contributed by atoms with Gasteiger partial charge in [0.15, 0.2) is 16.6 Å². The minimum Gasteiger partial charge on any atom is -0.511 e. The lowest BCUT2D eigenvalue weighted by Gasteiger charge is -2.27. The van der Waals surface area contributed by atoms with Gasteiger partial charge in [0, 0.05) is 30.4 Å². The standard InChI is InChI=1S/C25H21ClFN3O4S/c26-18-10-15(27)2-3-17(18)22(30-8-5-16(31)12-30)21-11-28-24(35-21)29-23(32)25(6-7-25)14-1-4-19-20(9-14)34-13-33-19/h1-4,9-12,22,31H,5-8,13H2,(H,28,29,32)/t22-/m1/s1. The molecule has 2 N–H and O–H groups in total. The van der Waals surface area contributed by atoms with Crippen LogP contribution in [0.5, 0.6) is 11.5 Å². The molecule has 3 heterocycles. The fourth-order valence-corrected chi connectivity index (χ4v) is 5.86. The van der Waals surface area contributed by atoms with E-state index in [-0.39, 0.29) is 29.5 Å². The lowest BCUT2D eigenvalue weighted by molar-refractivity contribution is -0.118. The van der Waals surface area contributed by atoms with Crippen LogP contribution in [0.2, 0.25) is 5.02 Å². The quantitative estimate of drug-likeness (QED) is 0.451. The molecule has 10 heteroatoms. The van der Waals surface area contributed by atoms with Gasteiger partial charge in [0.1, 0.15) is 11.6 Å². The van der Waals surface area contributed by atoms with Gasteiger partial charge in [-0.3, -0.25) is 4.79 Å². The number of carbonyl (C=O) groups is 1. The van der Waals surface area contributed by atoms with Gasteiger partial charge in [-0.05, 0) is 48.2 Å². The van der Waals surface area contributed by atoms with Crippen LogP contribution in [-0.2, 0) is 10.2 Å². The molecule has 3 aromatic rings. The highest BCUT2D eigenvalue weighted by atomic mass is 35.5. The Kier molecular flexibility index (Phi) is 5.34. The molecule has 1 amide bonds. The molecule has 1 aliphatic carbocycles. The largest absolute Gasteiger partial charge is 0.511 e. The normalized spacial score (nSPS) is 18.3. The van der Waals surface area contributed by atoms with E-state index >= 15 is 0 Å². The maximum Gasteiger partial charge on any atom is 0.236 e. The van der Waals surface area contributed by atoms with Crippen LogP contribution in [0.15, 0.2) is 54.6 Å². The number of nitrogens with zero attached hydrogens (tertiary/aromatic N) is 2. The Bertz CT molecular complexity index is 1360. The molecule has 35 heavy (non-hydrogen) atoms. The molecule has 7 nitrogen and oxygen atoms in total. The number of benzene rings is 2. The van der Waals surface area contributed by atoms with Crippen LogP contribution in [-0.4, -0.2) is 34.2 Å². The number of anilines is 1. The van der Waals surface area contributed by atoms with Crippen LogP contribution in [0.1, 0.15) is 41.3 Å². The number of amides is 1. The molecule has 1 atom stereocenters. The van der Waals surface area contributed by atoms with Gasteiger partial charge in [-0.25, -0.2) is 9.37 Å². The topological polar surface area (TPSA) is 83.9 Å². The number of aliphatic hydroxyl groups is 1. The van der Waals surface area contributed by atoms with Crippen molar-refractivity contribution in [2.75, 3.05) is 18.7 Å². The average Bonchev–Trinajstić information content (AvgIpc) is 3.12. The summed E-state index contributed by atoms with van der Waals surface area (Å²) in [6.07, 6.45) is 5.34. The zero-order valence-corrected chi connectivity index (χ0v) is 20.0. The van der Waals surface area contributed by atoms with E-state index in [2.05, 4.69) is 10.3 Å². The first-order chi connectivity index (χ1) is 16.9. The van der Waals surface area contributed by atoms with E-state index in [9.17, 15) is 14.3 Å². The maximum atomic E-state index is 13.7. The third kappa shape index (κ3) is 3.98. The zero-order valence-electron chi connectivity index (χ0n) is 18.5. The predicted octanol–water partition coefficient (Wildman–Crippen LogP) is 5.53. The van der Waals surface area contributed by atoms with Crippen molar-refractivity contribution < 1.29 is 23.8 Å². The molecule has 0 unspecified atom stereocenters. The van der Waals surface area contributed by atoms with E-state index in [0.29, 0.717) is 35.2 Å². The summed E-state index contributed by atoms with van der Waals surface area (Å²) in [6, 6.07) is 9.52. The van der Waals surface area contributed by atoms with Gasteiger partial charge in [-0.15, -0.1) is 0 Å². The van der Waals surface area contributed by atoms with Crippen LogP contribution in [0, 0.1) is 5.82 Å². The Morgan fingerprint density at radius 3 is 2.80 bits per heavy atom. The first kappa shape index (κ1) is 22.2. The second kappa shape index (κ2) is 8.42. The van der Waals surface area contributed by atoms with Crippen molar-refractivity contribution in [3.63, 3.8) is 0 Å². The summed E-state index contributed by atoms with van der Waals surface area (Å²) >= 11 is 7.73. The fraction of sp³-hybridized carbons (Fsp3) is 0.280. The summed E-state index contributed by atoms with van der Waals surface area (Å²) in [6.45, 7) is 0.764. The maximum absolute atomic E-state index is 13.7. The van der Waals surface area contributed by atoms with E-state index in [1.807, 2.05) is 23.1 Å². The van der Waals surface area contributed by atoms with Crippen molar-refractivity contribution in [2.45, 2.75) is 30.7 Å². The second-order valence-corrected chi connectivity index (χ2v) is 10.3. The molecule has 0 spiro atoms. The Morgan fingerprint density at radius 1 is 1.23 bits per heavy atom. The molecule has 180 valence electrons. The molecule has 1 fully saturated rings. The van der Waals surface area contributed by atoms with Gasteiger partial charge in [-0.2, -0.15) is 0 Å². The molecule has 1 aromatic heterocycles. The molecule has 2 aromatic carbocycles. The van der Waals surface area contributed by atoms with Gasteiger partial charge in [-0.1, -0.05) is 35.1 Å². The number of aliphatic hydroxyl groups excluding tert-OH is 1. The highest BCUT2D eigenvalue weighted by Gasteiger charge is 2.52. The summed E-state index contributed by atoms with van der Waals surface area (Å²) in [5.74, 6) is 1.06. The summed E-state index contributed by atoms with van der Waals surface area (Å²) < 4.78 is 24.6. The summed E-state index contributed by atoms with van der Waals surface area (Å²) in [7, 11) is 0. The highest BCUT2D eigenvalue weighted by molar-refractivity contribution is 7.15. The monoisotopic (exact) mass is 513 g/mol. The summed E-state index contributed by atoms with van der Waals surface area (Å²) in [5, 5.41) is 13.7. The number of rotatable bonds is 6. The minimum atomic E-state index is -0.615. The Balaban J connectivity index is 1.26. The lowest BCUT2D eigenvalue weighted by atomic mass is 9.94. The van der Waals surface area contributed by atoms with Crippen molar-refractivity contribution >= 4 is 34.0 Å². The average molecular weight is 514 g/mol. The first-order valence-electron chi connectivity index (χ1n) is 11.2. The highest BCUT2D eigenvalue weighted by Crippen LogP contribution is 2.51. The number of ether oxygens (including phenoxy) is 2. The Hall–Kier alpha value is -3.30. The second-order valence-electron chi connectivity index (χ2n) is 8.85. The van der Waals surface area contributed by atoms with E-state index in [1.165, 1.54) is 23.5 Å². The third-order valence-electron chi connectivity index (χ3n) is 6.65. The van der Waals surface area contributed by atoms with E-state index in [1.54, 1.807) is 18.5 Å². The number of halogens is 2. The van der Waals surface area contributed by atoms with Crippen LogP contribution in [0.4, 0.5) is 9.52 Å². The van der Waals surface area contributed by atoms with E-state index in [4.69, 9.17) is 21.1 Å². The minimum absolute atomic E-state index is 0.118. The number of hydrogen-bond acceptors (Lipinski definition) is 7. The number of aromatic nitrogens is 1. The van der Waals surface area contributed by atoms with Crippen molar-refractivity contribution in [1.82, 2.24) is 9.88 Å². The van der Waals surface area contributed by atoms with Gasteiger partial charge in [0.25, 0.3) is 0 Å². The molecule has 2 aliphatic heterocycles. The predicted molar refractivity (Wildman–Crippen MR) is 130 cm³/mol. The number of hydrogen-bond donors (Lipinski definition) is 2. The molecule has 1 saturated carbocycles. The smallest absolute Gasteiger partial charge is 0.236 e. The van der Waals surface area contributed by atoms with Crippen molar-refractivity contribution in [2.24, 2.45) is 0 Å². The van der Waals surface area contributed by atoms with Crippen LogP contribution < -0.4 is 14.8 Å². The molecule has 3 aliphatic rings. The molecular formula is C25H21ClFN3O4S. The van der Waals surface area contributed by atoms with Gasteiger partial charge in [0.2, 0.25) is 12.7 Å². The van der Waals surface area contributed by atoms with Crippen molar-refractivity contribution in [1.29, 1.82) is 0 Å². The van der Waals surface area contributed by atoms with Gasteiger partial charge in [0.05, 0.1) is 16.3 Å². The first-order valence-corrected chi connectivity index (χ1v) is 12.4. The van der Waals surface area contributed by atoms with Crippen LogP contribution in [0.3, 0.4) is 0 Å². The Morgan fingerprint density at radius 2 is 2.06 bits per heavy atom. The number of fused-ring (bicyclic) bond motifs is 1. The van der Waals surface area contributed by atoms with Gasteiger partial charge < -0.3 is 24.8 Å². The van der Waals surface area contributed by atoms with Gasteiger partial charge >= 0.3 is 0 Å². The van der Waals surface area contributed by atoms with E-state index < -0.39 is 11.2 Å². The SMILES string of the molecule is O=C(Nc1ncc([C@@H](c2ccc(F)cc2Cl)N2C=C(O)CC2)s1)C1(c2ccc3c(c2)OCO3)CC1.